The van der Waals surface area contributed by atoms with E-state index in [-0.39, 0.29) is 6.04 Å². The summed E-state index contributed by atoms with van der Waals surface area (Å²) < 4.78 is 10.5. The van der Waals surface area contributed by atoms with Gasteiger partial charge < -0.3 is 14.8 Å². The van der Waals surface area contributed by atoms with Gasteiger partial charge in [-0.2, -0.15) is 0 Å². The van der Waals surface area contributed by atoms with Gasteiger partial charge in [0.1, 0.15) is 11.5 Å². The van der Waals surface area contributed by atoms with Crippen LogP contribution in [0.4, 0.5) is 0 Å². The summed E-state index contributed by atoms with van der Waals surface area (Å²) in [4.78, 5) is 0. The van der Waals surface area contributed by atoms with Crippen molar-refractivity contribution < 1.29 is 9.47 Å². The number of ether oxygens (including phenoxy) is 2. The quantitative estimate of drug-likeness (QED) is 0.749. The topological polar surface area (TPSA) is 30.5 Å². The smallest absolute Gasteiger partial charge is 0.127 e. The molecule has 0 aliphatic rings. The largest absolute Gasteiger partial charge is 0.497 e. The molecule has 0 bridgehead atoms. The van der Waals surface area contributed by atoms with Crippen LogP contribution in [0.1, 0.15) is 18.5 Å². The molecule has 0 radical (unpaired) electrons. The molecule has 88 valence electrons. The maximum Gasteiger partial charge on any atom is 0.127 e. The van der Waals surface area contributed by atoms with Gasteiger partial charge in [0, 0.05) is 11.6 Å². The highest BCUT2D eigenvalue weighted by atomic mass is 16.5. The molecule has 1 N–H and O–H groups in total. The van der Waals surface area contributed by atoms with E-state index in [0.29, 0.717) is 0 Å². The molecule has 1 aromatic rings. The van der Waals surface area contributed by atoms with Crippen LogP contribution >= 0.6 is 0 Å². The fourth-order valence-electron chi connectivity index (χ4n) is 1.62. The number of methoxy groups -OCH3 is 2. The maximum absolute atomic E-state index is 5.35. The van der Waals surface area contributed by atoms with Gasteiger partial charge in [-0.25, -0.2) is 0 Å². The van der Waals surface area contributed by atoms with Crippen LogP contribution in [0.25, 0.3) is 0 Å². The minimum absolute atomic E-state index is 0.103. The molecule has 0 spiro atoms. The van der Waals surface area contributed by atoms with Crippen molar-refractivity contribution in [3.8, 4) is 11.5 Å². The Balaban J connectivity index is 3.05. The third-order valence-electron chi connectivity index (χ3n) is 2.44. The third kappa shape index (κ3) is 2.76. The Bertz CT molecular complexity index is 350. The molecule has 1 rings (SSSR count). The van der Waals surface area contributed by atoms with E-state index in [1.165, 1.54) is 0 Å². The molecule has 3 nitrogen and oxygen atoms in total. The molecule has 0 aliphatic carbocycles. The van der Waals surface area contributed by atoms with Crippen molar-refractivity contribution in [3.05, 3.63) is 36.4 Å². The molecule has 0 heterocycles. The zero-order valence-electron chi connectivity index (χ0n) is 10.1. The second-order valence-electron chi connectivity index (χ2n) is 3.38. The number of hydrogen-bond donors (Lipinski definition) is 1. The Labute approximate surface area is 97.1 Å². The number of benzene rings is 1. The van der Waals surface area contributed by atoms with Crippen LogP contribution in [-0.2, 0) is 0 Å². The summed E-state index contributed by atoms with van der Waals surface area (Å²) in [5.41, 5.74) is 1.07. The number of hydrogen-bond acceptors (Lipinski definition) is 3. The normalized spacial score (nSPS) is 11.9. The number of likely N-dealkylation sites (N-methyl/N-ethyl adjacent to an activating group) is 1. The Hall–Kier alpha value is -1.48. The van der Waals surface area contributed by atoms with E-state index in [4.69, 9.17) is 9.47 Å². The first kappa shape index (κ1) is 12.6. The summed E-state index contributed by atoms with van der Waals surface area (Å²) in [7, 11) is 3.30. The Morgan fingerprint density at radius 1 is 1.38 bits per heavy atom. The van der Waals surface area contributed by atoms with Crippen LogP contribution in [0.2, 0.25) is 0 Å². The van der Waals surface area contributed by atoms with E-state index in [0.717, 1.165) is 23.6 Å². The fraction of sp³-hybridized carbons (Fsp3) is 0.385. The lowest BCUT2D eigenvalue weighted by Crippen LogP contribution is -2.19. The van der Waals surface area contributed by atoms with Gasteiger partial charge in [0.15, 0.2) is 0 Å². The molecule has 16 heavy (non-hydrogen) atoms. The first-order valence-corrected chi connectivity index (χ1v) is 5.34. The average Bonchev–Trinajstić information content (AvgIpc) is 2.35. The predicted molar refractivity (Wildman–Crippen MR) is 66.2 cm³/mol. The summed E-state index contributed by atoms with van der Waals surface area (Å²) in [6.45, 7) is 6.77. The fourth-order valence-corrected chi connectivity index (χ4v) is 1.62. The monoisotopic (exact) mass is 221 g/mol. The van der Waals surface area contributed by atoms with Crippen molar-refractivity contribution in [3.63, 3.8) is 0 Å². The van der Waals surface area contributed by atoms with Crippen LogP contribution in [-0.4, -0.2) is 20.8 Å². The third-order valence-corrected chi connectivity index (χ3v) is 2.44. The van der Waals surface area contributed by atoms with Gasteiger partial charge in [0.2, 0.25) is 0 Å². The van der Waals surface area contributed by atoms with Crippen LogP contribution in [0.15, 0.2) is 30.9 Å². The number of rotatable bonds is 6. The van der Waals surface area contributed by atoms with Crippen molar-refractivity contribution in [2.45, 2.75) is 13.0 Å². The molecule has 0 amide bonds. The molecule has 1 aromatic carbocycles. The van der Waals surface area contributed by atoms with E-state index >= 15 is 0 Å². The summed E-state index contributed by atoms with van der Waals surface area (Å²) in [5.74, 6) is 1.60. The van der Waals surface area contributed by atoms with Crippen LogP contribution < -0.4 is 14.8 Å². The zero-order valence-corrected chi connectivity index (χ0v) is 10.1. The molecule has 0 fully saturated rings. The highest BCUT2D eigenvalue weighted by Gasteiger charge is 2.12. The summed E-state index contributed by atoms with van der Waals surface area (Å²) >= 11 is 0. The lowest BCUT2D eigenvalue weighted by atomic mass is 10.1. The van der Waals surface area contributed by atoms with Crippen molar-refractivity contribution in [1.82, 2.24) is 5.32 Å². The minimum Gasteiger partial charge on any atom is -0.497 e. The highest BCUT2D eigenvalue weighted by Crippen LogP contribution is 2.29. The van der Waals surface area contributed by atoms with E-state index in [1.54, 1.807) is 14.2 Å². The predicted octanol–water partition coefficient (Wildman–Crippen LogP) is 2.54. The van der Waals surface area contributed by atoms with Crippen molar-refractivity contribution in [1.29, 1.82) is 0 Å². The van der Waals surface area contributed by atoms with E-state index in [9.17, 15) is 0 Å². The first-order valence-electron chi connectivity index (χ1n) is 5.34. The van der Waals surface area contributed by atoms with Gasteiger partial charge in [-0.1, -0.05) is 13.0 Å². The van der Waals surface area contributed by atoms with E-state index in [1.807, 2.05) is 24.3 Å². The van der Waals surface area contributed by atoms with Crippen LogP contribution in [0.5, 0.6) is 11.5 Å². The standard InChI is InChI=1S/C13H19NO2/c1-5-12(14-6-2)11-8-7-10(15-3)9-13(11)16-4/h5,7-9,12,14H,1,6H2,2-4H3. The maximum atomic E-state index is 5.35. The van der Waals surface area contributed by atoms with Crippen LogP contribution in [0, 0.1) is 0 Å². The molecule has 3 heteroatoms. The van der Waals surface area contributed by atoms with E-state index < -0.39 is 0 Å². The van der Waals surface area contributed by atoms with Gasteiger partial charge >= 0.3 is 0 Å². The molecular formula is C13H19NO2. The SMILES string of the molecule is C=CC(NCC)c1ccc(OC)cc1OC. The Kier molecular flexibility index (Phi) is 4.86. The molecule has 1 unspecified atom stereocenters. The van der Waals surface area contributed by atoms with Crippen molar-refractivity contribution in [2.24, 2.45) is 0 Å². The van der Waals surface area contributed by atoms with Gasteiger partial charge in [0.05, 0.1) is 20.3 Å². The first-order chi connectivity index (χ1) is 7.76. The summed E-state index contributed by atoms with van der Waals surface area (Å²) in [6.07, 6.45) is 1.87. The zero-order chi connectivity index (χ0) is 12.0. The molecule has 0 aromatic heterocycles. The summed E-state index contributed by atoms with van der Waals surface area (Å²) in [5, 5.41) is 3.32. The molecule has 0 saturated carbocycles. The molecular weight excluding hydrogens is 202 g/mol. The minimum atomic E-state index is 0.103. The van der Waals surface area contributed by atoms with Gasteiger partial charge in [-0.15, -0.1) is 6.58 Å². The molecule has 0 aliphatic heterocycles. The van der Waals surface area contributed by atoms with Crippen molar-refractivity contribution >= 4 is 0 Å². The highest BCUT2D eigenvalue weighted by molar-refractivity contribution is 5.43. The van der Waals surface area contributed by atoms with Gasteiger partial charge in [-0.3, -0.25) is 0 Å². The number of nitrogens with one attached hydrogen (secondary N) is 1. The lowest BCUT2D eigenvalue weighted by Gasteiger charge is -2.17. The summed E-state index contributed by atoms with van der Waals surface area (Å²) in [6, 6.07) is 5.90. The van der Waals surface area contributed by atoms with E-state index in [2.05, 4.69) is 18.8 Å². The second kappa shape index (κ2) is 6.18. The molecule has 1 atom stereocenters. The van der Waals surface area contributed by atoms with Crippen LogP contribution in [0.3, 0.4) is 0 Å². The van der Waals surface area contributed by atoms with Gasteiger partial charge in [0.25, 0.3) is 0 Å². The second-order valence-corrected chi connectivity index (χ2v) is 3.38. The van der Waals surface area contributed by atoms with Gasteiger partial charge in [-0.05, 0) is 18.7 Å². The Morgan fingerprint density at radius 3 is 2.62 bits per heavy atom. The average molecular weight is 221 g/mol. The molecule has 0 saturated heterocycles. The lowest BCUT2D eigenvalue weighted by molar-refractivity contribution is 0.388. The van der Waals surface area contributed by atoms with Crippen molar-refractivity contribution in [2.75, 3.05) is 20.8 Å². The Morgan fingerprint density at radius 2 is 2.12 bits per heavy atom.